The molecule has 0 unspecified atom stereocenters. The molecule has 0 bridgehead atoms. The number of aromatic nitrogens is 3. The highest BCUT2D eigenvalue weighted by Gasteiger charge is 2.35. The van der Waals surface area contributed by atoms with E-state index in [1.165, 1.54) is 23.1 Å². The van der Waals surface area contributed by atoms with Crippen LogP contribution in [0.25, 0.3) is 5.69 Å². The SMILES string of the molecule is O=C(O)[C@@H]1CN(C(=O)c2cn(-c3ccccc3C(F)(F)F)nn2)CCO1. The van der Waals surface area contributed by atoms with Crippen molar-refractivity contribution in [2.45, 2.75) is 12.3 Å². The molecule has 8 nitrogen and oxygen atoms in total. The molecule has 0 spiro atoms. The van der Waals surface area contributed by atoms with Crippen LogP contribution in [0.2, 0.25) is 0 Å². The fourth-order valence-corrected chi connectivity index (χ4v) is 2.54. The van der Waals surface area contributed by atoms with Gasteiger partial charge in [-0.05, 0) is 12.1 Å². The van der Waals surface area contributed by atoms with Crippen molar-refractivity contribution in [1.82, 2.24) is 19.9 Å². The number of para-hydroxylation sites is 1. The first-order chi connectivity index (χ1) is 12.3. The van der Waals surface area contributed by atoms with Crippen LogP contribution in [-0.2, 0) is 15.7 Å². The van der Waals surface area contributed by atoms with Gasteiger partial charge in [-0.2, -0.15) is 13.2 Å². The summed E-state index contributed by atoms with van der Waals surface area (Å²) in [5, 5.41) is 16.2. The highest BCUT2D eigenvalue weighted by Crippen LogP contribution is 2.33. The van der Waals surface area contributed by atoms with Gasteiger partial charge >= 0.3 is 12.1 Å². The van der Waals surface area contributed by atoms with Crippen LogP contribution in [0.1, 0.15) is 16.1 Å². The van der Waals surface area contributed by atoms with Crippen molar-refractivity contribution in [2.75, 3.05) is 19.7 Å². The second kappa shape index (κ2) is 6.75. The molecule has 138 valence electrons. The summed E-state index contributed by atoms with van der Waals surface area (Å²) in [7, 11) is 0. The first-order valence-corrected chi connectivity index (χ1v) is 7.50. The number of amides is 1. The number of nitrogens with zero attached hydrogens (tertiary/aromatic N) is 4. The Labute approximate surface area is 144 Å². The molecule has 2 heterocycles. The van der Waals surface area contributed by atoms with Crippen molar-refractivity contribution in [2.24, 2.45) is 0 Å². The molecule has 26 heavy (non-hydrogen) atoms. The molecule has 1 aromatic carbocycles. The van der Waals surface area contributed by atoms with E-state index >= 15 is 0 Å². The van der Waals surface area contributed by atoms with E-state index in [0.717, 1.165) is 16.9 Å². The molecule has 1 N–H and O–H groups in total. The number of benzene rings is 1. The smallest absolute Gasteiger partial charge is 0.418 e. The number of aliphatic carboxylic acids is 1. The normalized spacial score (nSPS) is 18.0. The largest absolute Gasteiger partial charge is 0.479 e. The molecule has 3 rings (SSSR count). The average Bonchev–Trinajstić information content (AvgIpc) is 3.10. The molecule has 0 aliphatic carbocycles. The molecular weight excluding hydrogens is 357 g/mol. The van der Waals surface area contributed by atoms with Crippen molar-refractivity contribution in [3.8, 4) is 5.69 Å². The van der Waals surface area contributed by atoms with Gasteiger partial charge in [-0.1, -0.05) is 17.3 Å². The molecule has 1 aromatic heterocycles. The Bertz CT molecular complexity index is 836. The van der Waals surface area contributed by atoms with Crippen molar-refractivity contribution in [3.63, 3.8) is 0 Å². The zero-order valence-corrected chi connectivity index (χ0v) is 13.2. The number of carboxylic acid groups (broad SMARTS) is 1. The number of halogens is 3. The van der Waals surface area contributed by atoms with E-state index in [0.29, 0.717) is 0 Å². The first kappa shape index (κ1) is 17.9. The van der Waals surface area contributed by atoms with E-state index in [1.54, 1.807) is 0 Å². The summed E-state index contributed by atoms with van der Waals surface area (Å²) in [4.78, 5) is 24.6. The standard InChI is InChI=1S/C15H13F3N4O4/c16-15(17,18)9-3-1-2-4-11(9)22-7-10(19-20-22)13(23)21-5-6-26-12(8-21)14(24)25/h1-4,7,12H,5-6,8H2,(H,24,25)/t12-/m0/s1. The third kappa shape index (κ3) is 3.52. The third-order valence-electron chi connectivity index (χ3n) is 3.80. The summed E-state index contributed by atoms with van der Waals surface area (Å²) in [5.74, 6) is -1.83. The molecule has 1 amide bonds. The quantitative estimate of drug-likeness (QED) is 0.872. The minimum Gasteiger partial charge on any atom is -0.479 e. The monoisotopic (exact) mass is 370 g/mol. The number of rotatable bonds is 3. The van der Waals surface area contributed by atoms with Gasteiger partial charge in [0, 0.05) is 6.54 Å². The van der Waals surface area contributed by atoms with Crippen molar-refractivity contribution < 1.29 is 32.6 Å². The van der Waals surface area contributed by atoms with Gasteiger partial charge in [0.15, 0.2) is 11.8 Å². The molecule has 0 radical (unpaired) electrons. The summed E-state index contributed by atoms with van der Waals surface area (Å²) in [5.41, 5.74) is -1.37. The first-order valence-electron chi connectivity index (χ1n) is 7.50. The Hall–Kier alpha value is -2.95. The minimum absolute atomic E-state index is 0.0355. The van der Waals surface area contributed by atoms with Crippen LogP contribution in [0, 0.1) is 0 Å². The van der Waals surface area contributed by atoms with E-state index in [1.807, 2.05) is 0 Å². The summed E-state index contributed by atoms with van der Waals surface area (Å²) >= 11 is 0. The summed E-state index contributed by atoms with van der Waals surface area (Å²) < 4.78 is 45.2. The number of hydrogen-bond acceptors (Lipinski definition) is 5. The Balaban J connectivity index is 1.85. The van der Waals surface area contributed by atoms with Gasteiger partial charge < -0.3 is 14.7 Å². The highest BCUT2D eigenvalue weighted by molar-refractivity contribution is 5.92. The second-order valence-corrected chi connectivity index (χ2v) is 5.51. The Morgan fingerprint density at radius 1 is 1.27 bits per heavy atom. The molecular formula is C15H13F3N4O4. The number of carbonyl (C=O) groups is 2. The predicted molar refractivity (Wildman–Crippen MR) is 79.6 cm³/mol. The zero-order chi connectivity index (χ0) is 18.9. The van der Waals surface area contributed by atoms with Crippen LogP contribution in [0.5, 0.6) is 0 Å². The maximum absolute atomic E-state index is 13.1. The Morgan fingerprint density at radius 3 is 2.69 bits per heavy atom. The second-order valence-electron chi connectivity index (χ2n) is 5.51. The summed E-state index contributed by atoms with van der Waals surface area (Å²) in [6.45, 7) is 0.00251. The molecule has 0 saturated carbocycles. The van der Waals surface area contributed by atoms with Gasteiger partial charge in [0.2, 0.25) is 0 Å². The lowest BCUT2D eigenvalue weighted by Gasteiger charge is -2.30. The van der Waals surface area contributed by atoms with Crippen LogP contribution in [0.3, 0.4) is 0 Å². The van der Waals surface area contributed by atoms with E-state index in [4.69, 9.17) is 9.84 Å². The van der Waals surface area contributed by atoms with E-state index in [2.05, 4.69) is 10.3 Å². The fraction of sp³-hybridized carbons (Fsp3) is 0.333. The lowest BCUT2D eigenvalue weighted by Crippen LogP contribution is -2.48. The maximum atomic E-state index is 13.1. The zero-order valence-electron chi connectivity index (χ0n) is 13.2. The Kier molecular flexibility index (Phi) is 4.64. The average molecular weight is 370 g/mol. The lowest BCUT2D eigenvalue weighted by molar-refractivity contribution is -0.154. The van der Waals surface area contributed by atoms with Crippen molar-refractivity contribution in [1.29, 1.82) is 0 Å². The van der Waals surface area contributed by atoms with Crippen molar-refractivity contribution >= 4 is 11.9 Å². The molecule has 2 aromatic rings. The lowest BCUT2D eigenvalue weighted by atomic mass is 10.1. The van der Waals surface area contributed by atoms with E-state index < -0.39 is 29.7 Å². The highest BCUT2D eigenvalue weighted by atomic mass is 19.4. The predicted octanol–water partition coefficient (Wildman–Crippen LogP) is 1.21. The van der Waals surface area contributed by atoms with Gasteiger partial charge in [0.25, 0.3) is 5.91 Å². The molecule has 1 aliphatic heterocycles. The van der Waals surface area contributed by atoms with Crippen LogP contribution in [0.4, 0.5) is 13.2 Å². The molecule has 11 heteroatoms. The number of carboxylic acids is 1. The number of alkyl halides is 3. The van der Waals surface area contributed by atoms with Gasteiger partial charge in [-0.3, -0.25) is 4.79 Å². The summed E-state index contributed by atoms with van der Waals surface area (Å²) in [6.07, 6.45) is -4.67. The van der Waals surface area contributed by atoms with Crippen molar-refractivity contribution in [3.05, 3.63) is 41.7 Å². The Morgan fingerprint density at radius 2 is 2.00 bits per heavy atom. The third-order valence-corrected chi connectivity index (χ3v) is 3.80. The number of hydrogen-bond donors (Lipinski definition) is 1. The van der Waals surface area contributed by atoms with Crippen LogP contribution in [0.15, 0.2) is 30.5 Å². The summed E-state index contributed by atoms with van der Waals surface area (Å²) in [6, 6.07) is 4.77. The number of carbonyl (C=O) groups excluding carboxylic acids is 1. The van der Waals surface area contributed by atoms with E-state index in [9.17, 15) is 22.8 Å². The number of ether oxygens (including phenoxy) is 1. The van der Waals surface area contributed by atoms with E-state index in [-0.39, 0.29) is 31.1 Å². The van der Waals surface area contributed by atoms with Crippen LogP contribution in [-0.4, -0.2) is 62.7 Å². The van der Waals surface area contributed by atoms with Crippen LogP contribution < -0.4 is 0 Å². The van der Waals surface area contributed by atoms with Gasteiger partial charge in [0.1, 0.15) is 0 Å². The van der Waals surface area contributed by atoms with Gasteiger partial charge in [-0.15, -0.1) is 5.10 Å². The fourth-order valence-electron chi connectivity index (χ4n) is 2.54. The maximum Gasteiger partial charge on any atom is 0.418 e. The number of morpholine rings is 1. The van der Waals surface area contributed by atoms with Gasteiger partial charge in [-0.25, -0.2) is 9.48 Å². The minimum atomic E-state index is -4.59. The topological polar surface area (TPSA) is 97.6 Å². The molecule has 1 saturated heterocycles. The molecule has 1 atom stereocenters. The molecule has 1 aliphatic rings. The van der Waals surface area contributed by atoms with Crippen LogP contribution >= 0.6 is 0 Å². The molecule has 1 fully saturated rings. The van der Waals surface area contributed by atoms with Gasteiger partial charge in [0.05, 0.1) is 30.6 Å².